The summed E-state index contributed by atoms with van der Waals surface area (Å²) in [4.78, 5) is -0.281. The van der Waals surface area contributed by atoms with E-state index >= 15 is 0 Å². The predicted octanol–water partition coefficient (Wildman–Crippen LogP) is 1.24. The van der Waals surface area contributed by atoms with Gasteiger partial charge in [-0.2, -0.15) is 0 Å². The molecule has 0 aliphatic carbocycles. The molecule has 1 aromatic carbocycles. The van der Waals surface area contributed by atoms with Gasteiger partial charge in [0.2, 0.25) is 10.0 Å². The molecular weight excluding hydrogens is 255 g/mol. The highest BCUT2D eigenvalue weighted by atomic mass is 32.2. The van der Waals surface area contributed by atoms with Gasteiger partial charge in [-0.05, 0) is 38.4 Å². The summed E-state index contributed by atoms with van der Waals surface area (Å²) in [5.41, 5.74) is 0. The molecule has 2 atom stereocenters. The van der Waals surface area contributed by atoms with Crippen LogP contribution in [0.25, 0.3) is 0 Å². The molecule has 2 N–H and O–H groups in total. The van der Waals surface area contributed by atoms with Crippen LogP contribution in [0.1, 0.15) is 19.8 Å². The van der Waals surface area contributed by atoms with E-state index < -0.39 is 15.8 Å². The van der Waals surface area contributed by atoms with E-state index in [1.54, 1.807) is 0 Å². The van der Waals surface area contributed by atoms with Crippen LogP contribution in [0.3, 0.4) is 0 Å². The third-order valence-electron chi connectivity index (χ3n) is 3.07. The Morgan fingerprint density at radius 3 is 2.78 bits per heavy atom. The maximum atomic E-state index is 13.5. The Morgan fingerprint density at radius 2 is 2.11 bits per heavy atom. The molecule has 0 aromatic heterocycles. The van der Waals surface area contributed by atoms with Gasteiger partial charge in [-0.15, -0.1) is 0 Å². The monoisotopic (exact) mass is 272 g/mol. The zero-order valence-corrected chi connectivity index (χ0v) is 11.0. The Balaban J connectivity index is 2.15. The number of sulfonamides is 1. The molecular formula is C12H17FN2O2S. The number of piperidine rings is 1. The van der Waals surface area contributed by atoms with Crippen molar-refractivity contribution in [3.63, 3.8) is 0 Å². The molecule has 2 rings (SSSR count). The summed E-state index contributed by atoms with van der Waals surface area (Å²) in [6, 6.07) is 5.56. The first-order valence-corrected chi connectivity index (χ1v) is 7.47. The average molecular weight is 272 g/mol. The van der Waals surface area contributed by atoms with Crippen LogP contribution in [0.5, 0.6) is 0 Å². The Kier molecular flexibility index (Phi) is 3.99. The second kappa shape index (κ2) is 5.34. The number of nitrogens with one attached hydrogen (secondary N) is 2. The van der Waals surface area contributed by atoms with Crippen LogP contribution in [0.15, 0.2) is 29.2 Å². The minimum absolute atomic E-state index is 0.133. The van der Waals surface area contributed by atoms with E-state index in [2.05, 4.69) is 10.0 Å². The quantitative estimate of drug-likeness (QED) is 0.870. The number of hydrogen-bond acceptors (Lipinski definition) is 3. The van der Waals surface area contributed by atoms with E-state index in [4.69, 9.17) is 0 Å². The van der Waals surface area contributed by atoms with E-state index in [0.29, 0.717) is 6.42 Å². The molecule has 0 saturated carbocycles. The molecule has 6 heteroatoms. The van der Waals surface area contributed by atoms with E-state index in [1.807, 2.05) is 6.92 Å². The van der Waals surface area contributed by atoms with Crippen molar-refractivity contribution in [2.75, 3.05) is 6.54 Å². The maximum absolute atomic E-state index is 13.5. The van der Waals surface area contributed by atoms with Gasteiger partial charge in [0.15, 0.2) is 0 Å². The predicted molar refractivity (Wildman–Crippen MR) is 67.2 cm³/mol. The van der Waals surface area contributed by atoms with Gasteiger partial charge in [-0.1, -0.05) is 12.1 Å². The van der Waals surface area contributed by atoms with Crippen molar-refractivity contribution in [3.8, 4) is 0 Å². The fourth-order valence-electron chi connectivity index (χ4n) is 2.18. The van der Waals surface area contributed by atoms with E-state index in [-0.39, 0.29) is 17.0 Å². The van der Waals surface area contributed by atoms with Crippen molar-refractivity contribution in [2.24, 2.45) is 0 Å². The highest BCUT2D eigenvalue weighted by Crippen LogP contribution is 2.16. The summed E-state index contributed by atoms with van der Waals surface area (Å²) in [5, 5.41) is 3.24. The number of benzene rings is 1. The van der Waals surface area contributed by atoms with Gasteiger partial charge in [0.1, 0.15) is 10.7 Å². The van der Waals surface area contributed by atoms with Crippen molar-refractivity contribution in [3.05, 3.63) is 30.1 Å². The van der Waals surface area contributed by atoms with E-state index in [0.717, 1.165) is 19.0 Å². The van der Waals surface area contributed by atoms with Crippen molar-refractivity contribution < 1.29 is 12.8 Å². The lowest BCUT2D eigenvalue weighted by molar-refractivity contribution is 0.361. The Bertz CT molecular complexity index is 519. The van der Waals surface area contributed by atoms with Gasteiger partial charge in [-0.3, -0.25) is 0 Å². The standard InChI is InChI=1S/C12H17FN2O2S/c1-9-8-10(6-7-14-9)15-18(16,17)12-5-3-2-4-11(12)13/h2-5,9-10,14-15H,6-8H2,1H3. The topological polar surface area (TPSA) is 58.2 Å². The normalized spacial score (nSPS) is 25.0. The van der Waals surface area contributed by atoms with Gasteiger partial charge in [-0.25, -0.2) is 17.5 Å². The second-order valence-corrected chi connectivity index (χ2v) is 6.31. The second-order valence-electron chi connectivity index (χ2n) is 4.63. The SMILES string of the molecule is CC1CC(NS(=O)(=O)c2ccccc2F)CCN1. The molecule has 1 aromatic rings. The van der Waals surface area contributed by atoms with Gasteiger partial charge in [0.25, 0.3) is 0 Å². The lowest BCUT2D eigenvalue weighted by Crippen LogP contribution is -2.46. The average Bonchev–Trinajstić information content (AvgIpc) is 2.28. The summed E-state index contributed by atoms with van der Waals surface area (Å²) in [6.07, 6.45) is 1.44. The Morgan fingerprint density at radius 1 is 1.39 bits per heavy atom. The summed E-state index contributed by atoms with van der Waals surface area (Å²) >= 11 is 0. The van der Waals surface area contributed by atoms with Crippen LogP contribution >= 0.6 is 0 Å². The van der Waals surface area contributed by atoms with Crippen LogP contribution in [-0.4, -0.2) is 27.0 Å². The minimum atomic E-state index is -3.77. The number of hydrogen-bond donors (Lipinski definition) is 2. The first-order valence-electron chi connectivity index (χ1n) is 5.99. The molecule has 1 aliphatic heterocycles. The largest absolute Gasteiger partial charge is 0.314 e. The summed E-state index contributed by atoms with van der Waals surface area (Å²) in [6.45, 7) is 2.77. The molecule has 1 fully saturated rings. The first kappa shape index (κ1) is 13.5. The fourth-order valence-corrected chi connectivity index (χ4v) is 3.55. The smallest absolute Gasteiger partial charge is 0.243 e. The summed E-state index contributed by atoms with van der Waals surface area (Å²) in [7, 11) is -3.77. The molecule has 100 valence electrons. The Hall–Kier alpha value is -0.980. The van der Waals surface area contributed by atoms with Crippen molar-refractivity contribution in [1.29, 1.82) is 0 Å². The molecule has 0 bridgehead atoms. The van der Waals surface area contributed by atoms with E-state index in [9.17, 15) is 12.8 Å². The van der Waals surface area contributed by atoms with Crippen LogP contribution in [0, 0.1) is 5.82 Å². The first-order chi connectivity index (χ1) is 8.49. The molecule has 2 unspecified atom stereocenters. The van der Waals surface area contributed by atoms with Crippen molar-refractivity contribution >= 4 is 10.0 Å². The van der Waals surface area contributed by atoms with Crippen LogP contribution in [0.2, 0.25) is 0 Å². The third kappa shape index (κ3) is 3.07. The van der Waals surface area contributed by atoms with Gasteiger partial charge >= 0.3 is 0 Å². The molecule has 1 heterocycles. The van der Waals surface area contributed by atoms with Crippen LogP contribution in [-0.2, 0) is 10.0 Å². The van der Waals surface area contributed by atoms with Crippen LogP contribution in [0.4, 0.5) is 4.39 Å². The van der Waals surface area contributed by atoms with Crippen LogP contribution < -0.4 is 10.0 Å². The molecule has 0 amide bonds. The highest BCUT2D eigenvalue weighted by Gasteiger charge is 2.25. The van der Waals surface area contributed by atoms with Crippen molar-refractivity contribution in [1.82, 2.24) is 10.0 Å². The molecule has 4 nitrogen and oxygen atoms in total. The maximum Gasteiger partial charge on any atom is 0.243 e. The van der Waals surface area contributed by atoms with Crippen molar-refractivity contribution in [2.45, 2.75) is 36.7 Å². The van der Waals surface area contributed by atoms with E-state index in [1.165, 1.54) is 18.2 Å². The lowest BCUT2D eigenvalue weighted by atomic mass is 10.0. The molecule has 18 heavy (non-hydrogen) atoms. The molecule has 0 radical (unpaired) electrons. The Labute approximate surface area is 107 Å². The molecule has 1 aliphatic rings. The zero-order valence-electron chi connectivity index (χ0n) is 10.2. The molecule has 0 spiro atoms. The third-order valence-corrected chi connectivity index (χ3v) is 4.63. The van der Waals surface area contributed by atoms with Gasteiger partial charge < -0.3 is 5.32 Å². The summed E-state index contributed by atoms with van der Waals surface area (Å²) in [5.74, 6) is -0.716. The van der Waals surface area contributed by atoms with Gasteiger partial charge in [0.05, 0.1) is 0 Å². The lowest BCUT2D eigenvalue weighted by Gasteiger charge is -2.28. The molecule has 1 saturated heterocycles. The minimum Gasteiger partial charge on any atom is -0.314 e. The highest BCUT2D eigenvalue weighted by molar-refractivity contribution is 7.89. The summed E-state index contributed by atoms with van der Waals surface area (Å²) < 4.78 is 40.2. The fraction of sp³-hybridized carbons (Fsp3) is 0.500. The zero-order chi connectivity index (χ0) is 13.2. The number of halogens is 1. The number of rotatable bonds is 3. The van der Waals surface area contributed by atoms with Gasteiger partial charge in [0, 0.05) is 12.1 Å².